The fourth-order valence-corrected chi connectivity index (χ4v) is 3.20. The van der Waals surface area contributed by atoms with Crippen LogP contribution in [0.2, 0.25) is 0 Å². The van der Waals surface area contributed by atoms with E-state index in [1.165, 1.54) is 0 Å². The molecule has 1 saturated heterocycles. The smallest absolute Gasteiger partial charge is 0.319 e. The van der Waals surface area contributed by atoms with Crippen LogP contribution in [0.25, 0.3) is 0 Å². The van der Waals surface area contributed by atoms with Gasteiger partial charge in [-0.25, -0.2) is 4.79 Å². The van der Waals surface area contributed by atoms with Crippen molar-refractivity contribution in [1.82, 2.24) is 10.2 Å². The van der Waals surface area contributed by atoms with E-state index >= 15 is 0 Å². The van der Waals surface area contributed by atoms with E-state index in [-0.39, 0.29) is 17.7 Å². The number of imide groups is 1. The molecule has 2 aromatic rings. The Hall–Kier alpha value is -2.95. The molecule has 3 amide bonds. The Morgan fingerprint density at radius 2 is 1.59 bits per heavy atom. The van der Waals surface area contributed by atoms with Gasteiger partial charge in [-0.3, -0.25) is 14.5 Å². The molecule has 0 spiro atoms. The normalized spacial score (nSPS) is 19.9. The average Bonchev–Trinajstić information content (AvgIpc) is 2.86. The van der Waals surface area contributed by atoms with E-state index in [0.29, 0.717) is 11.1 Å². The minimum Gasteiger partial charge on any atom is -0.319 e. The second-order valence-corrected chi connectivity index (χ2v) is 8.06. The maximum Gasteiger partial charge on any atom is 0.325 e. The molecule has 1 N–H and O–H groups in total. The van der Waals surface area contributed by atoms with E-state index in [9.17, 15) is 14.4 Å². The number of ketones is 1. The lowest BCUT2D eigenvalue weighted by molar-refractivity contribution is -0.130. The highest BCUT2D eigenvalue weighted by atomic mass is 16.2. The Kier molecular flexibility index (Phi) is 4.64. The van der Waals surface area contributed by atoms with Crippen LogP contribution in [0.15, 0.2) is 54.6 Å². The lowest BCUT2D eigenvalue weighted by Gasteiger charge is -2.24. The number of urea groups is 1. The van der Waals surface area contributed by atoms with E-state index in [1.54, 1.807) is 31.2 Å². The molecule has 27 heavy (non-hydrogen) atoms. The van der Waals surface area contributed by atoms with Crippen molar-refractivity contribution in [2.24, 2.45) is 0 Å². The Labute approximate surface area is 159 Å². The topological polar surface area (TPSA) is 66.5 Å². The lowest BCUT2D eigenvalue weighted by atomic mass is 9.84. The van der Waals surface area contributed by atoms with Gasteiger partial charge in [0.1, 0.15) is 5.54 Å². The van der Waals surface area contributed by atoms with Crippen molar-refractivity contribution in [3.8, 4) is 0 Å². The Bertz CT molecular complexity index is 882. The quantitative estimate of drug-likeness (QED) is 0.665. The van der Waals surface area contributed by atoms with Gasteiger partial charge in [-0.2, -0.15) is 0 Å². The zero-order valence-electron chi connectivity index (χ0n) is 16.1. The number of amides is 3. The van der Waals surface area contributed by atoms with E-state index in [4.69, 9.17) is 0 Å². The van der Waals surface area contributed by atoms with E-state index in [1.807, 2.05) is 30.3 Å². The molecular weight excluding hydrogens is 340 g/mol. The van der Waals surface area contributed by atoms with Crippen LogP contribution in [0.3, 0.4) is 0 Å². The zero-order chi connectivity index (χ0) is 19.8. The minimum atomic E-state index is -1.18. The molecule has 1 aliphatic rings. The van der Waals surface area contributed by atoms with Gasteiger partial charge in [0.2, 0.25) is 0 Å². The highest BCUT2D eigenvalue weighted by Gasteiger charge is 2.49. The molecule has 3 rings (SSSR count). The van der Waals surface area contributed by atoms with Gasteiger partial charge >= 0.3 is 6.03 Å². The summed E-state index contributed by atoms with van der Waals surface area (Å²) in [6, 6.07) is 15.8. The van der Waals surface area contributed by atoms with Crippen LogP contribution >= 0.6 is 0 Å². The molecule has 5 nitrogen and oxygen atoms in total. The number of carbonyl (C=O) groups is 3. The molecule has 1 atom stereocenters. The monoisotopic (exact) mass is 364 g/mol. The first-order valence-corrected chi connectivity index (χ1v) is 8.96. The highest BCUT2D eigenvalue weighted by molar-refractivity contribution is 6.11. The van der Waals surface area contributed by atoms with Gasteiger partial charge in [-0.15, -0.1) is 0 Å². The van der Waals surface area contributed by atoms with Crippen LogP contribution < -0.4 is 5.32 Å². The number of carbonyl (C=O) groups excluding carboxylic acids is 3. The van der Waals surface area contributed by atoms with Crippen LogP contribution in [0.4, 0.5) is 4.79 Å². The molecule has 0 saturated carbocycles. The van der Waals surface area contributed by atoms with Crippen molar-refractivity contribution in [1.29, 1.82) is 0 Å². The Morgan fingerprint density at radius 3 is 2.15 bits per heavy atom. The van der Waals surface area contributed by atoms with Crippen LogP contribution in [-0.4, -0.2) is 29.2 Å². The van der Waals surface area contributed by atoms with Gasteiger partial charge in [-0.05, 0) is 23.5 Å². The van der Waals surface area contributed by atoms with Gasteiger partial charge in [0, 0.05) is 5.56 Å². The largest absolute Gasteiger partial charge is 0.325 e. The molecule has 1 fully saturated rings. The molecule has 2 aromatic carbocycles. The maximum absolute atomic E-state index is 13.0. The summed E-state index contributed by atoms with van der Waals surface area (Å²) in [6.07, 6.45) is 0. The van der Waals surface area contributed by atoms with E-state index < -0.39 is 17.5 Å². The van der Waals surface area contributed by atoms with Gasteiger partial charge < -0.3 is 5.32 Å². The summed E-state index contributed by atoms with van der Waals surface area (Å²) < 4.78 is 0. The van der Waals surface area contributed by atoms with Crippen LogP contribution in [0.5, 0.6) is 0 Å². The van der Waals surface area contributed by atoms with E-state index in [0.717, 1.165) is 10.5 Å². The number of rotatable bonds is 4. The first kappa shape index (κ1) is 18.8. The second-order valence-electron chi connectivity index (χ2n) is 8.06. The highest BCUT2D eigenvalue weighted by Crippen LogP contribution is 2.31. The number of hydrogen-bond donors (Lipinski definition) is 1. The molecule has 1 unspecified atom stereocenters. The number of hydrogen-bond acceptors (Lipinski definition) is 3. The molecule has 1 heterocycles. The summed E-state index contributed by atoms with van der Waals surface area (Å²) in [7, 11) is 0. The van der Waals surface area contributed by atoms with Crippen LogP contribution in [-0.2, 0) is 15.7 Å². The third-order valence-electron chi connectivity index (χ3n) is 5.00. The van der Waals surface area contributed by atoms with Crippen molar-refractivity contribution in [2.75, 3.05) is 6.54 Å². The summed E-state index contributed by atoms with van der Waals surface area (Å²) in [5.74, 6) is -0.688. The first-order chi connectivity index (χ1) is 12.6. The summed E-state index contributed by atoms with van der Waals surface area (Å²) in [5.41, 5.74) is 1.13. The first-order valence-electron chi connectivity index (χ1n) is 8.96. The molecule has 0 aromatic heterocycles. The second kappa shape index (κ2) is 6.65. The van der Waals surface area contributed by atoms with E-state index in [2.05, 4.69) is 26.1 Å². The average molecular weight is 364 g/mol. The van der Waals surface area contributed by atoms with Crippen molar-refractivity contribution in [3.05, 3.63) is 71.3 Å². The SMILES string of the molecule is CC(C)(C)c1ccc(C2(C)NC(=O)N(CC(=O)c3ccccc3)C2=O)cc1. The Balaban J connectivity index is 1.83. The molecule has 140 valence electrons. The standard InChI is InChI=1S/C22H24N2O3/c1-21(2,3)16-10-12-17(13-11-16)22(4)19(26)24(20(27)23-22)14-18(25)15-8-6-5-7-9-15/h5-13H,14H2,1-4H3,(H,23,27). The predicted octanol–water partition coefficient (Wildman–Crippen LogP) is 3.63. The molecule has 1 aliphatic heterocycles. The summed E-state index contributed by atoms with van der Waals surface area (Å²) in [6.45, 7) is 7.74. The predicted molar refractivity (Wildman–Crippen MR) is 104 cm³/mol. The summed E-state index contributed by atoms with van der Waals surface area (Å²) >= 11 is 0. The van der Waals surface area contributed by atoms with Gasteiger partial charge in [0.15, 0.2) is 5.78 Å². The number of nitrogens with one attached hydrogen (secondary N) is 1. The summed E-state index contributed by atoms with van der Waals surface area (Å²) in [4.78, 5) is 38.8. The number of nitrogens with zero attached hydrogens (tertiary/aromatic N) is 1. The van der Waals surface area contributed by atoms with Crippen molar-refractivity contribution in [2.45, 2.75) is 38.6 Å². The molecule has 5 heteroatoms. The van der Waals surface area contributed by atoms with Gasteiger partial charge in [0.25, 0.3) is 5.91 Å². The third kappa shape index (κ3) is 3.50. The third-order valence-corrected chi connectivity index (χ3v) is 5.00. The molecular formula is C22H24N2O3. The van der Waals surface area contributed by atoms with Crippen LogP contribution in [0.1, 0.15) is 49.2 Å². The number of Topliss-reactive ketones (excluding diaryl/α,β-unsaturated/α-hetero) is 1. The fraction of sp³-hybridized carbons (Fsp3) is 0.318. The van der Waals surface area contributed by atoms with Crippen LogP contribution in [0, 0.1) is 0 Å². The van der Waals surface area contributed by atoms with Crippen molar-refractivity contribution >= 4 is 17.7 Å². The molecule has 0 aliphatic carbocycles. The summed E-state index contributed by atoms with van der Waals surface area (Å²) in [5, 5.41) is 2.75. The molecule has 0 radical (unpaired) electrons. The van der Waals surface area contributed by atoms with Gasteiger partial charge in [0.05, 0.1) is 6.54 Å². The lowest BCUT2D eigenvalue weighted by Crippen LogP contribution is -2.41. The maximum atomic E-state index is 13.0. The fourth-order valence-electron chi connectivity index (χ4n) is 3.20. The van der Waals surface area contributed by atoms with Gasteiger partial charge in [-0.1, -0.05) is 75.4 Å². The zero-order valence-corrected chi connectivity index (χ0v) is 16.1. The number of benzene rings is 2. The Morgan fingerprint density at radius 1 is 1.00 bits per heavy atom. The van der Waals surface area contributed by atoms with Crippen molar-refractivity contribution in [3.63, 3.8) is 0 Å². The minimum absolute atomic E-state index is 0.00347. The van der Waals surface area contributed by atoms with Crippen molar-refractivity contribution < 1.29 is 14.4 Å². The molecule has 0 bridgehead atoms.